The van der Waals surface area contributed by atoms with Gasteiger partial charge in [-0.3, -0.25) is 10.0 Å². The van der Waals surface area contributed by atoms with E-state index in [9.17, 15) is 4.79 Å². The third-order valence-electron chi connectivity index (χ3n) is 4.94. The lowest BCUT2D eigenvalue weighted by Gasteiger charge is -2.25. The van der Waals surface area contributed by atoms with E-state index in [0.29, 0.717) is 36.1 Å². The molecule has 0 aliphatic carbocycles. The fourth-order valence-corrected chi connectivity index (χ4v) is 3.37. The third kappa shape index (κ3) is 3.12. The second-order valence-electron chi connectivity index (χ2n) is 6.49. The molecule has 8 nitrogen and oxygen atoms in total. The molecule has 8 heteroatoms. The first-order chi connectivity index (χ1) is 13.7. The fourth-order valence-electron chi connectivity index (χ4n) is 3.37. The van der Waals surface area contributed by atoms with Crippen LogP contribution in [-0.4, -0.2) is 41.4 Å². The number of methoxy groups -OCH3 is 1. The molecule has 0 bridgehead atoms. The van der Waals surface area contributed by atoms with Gasteiger partial charge in [0.05, 0.1) is 19.1 Å². The second-order valence-corrected chi connectivity index (χ2v) is 6.49. The van der Waals surface area contributed by atoms with E-state index >= 15 is 0 Å². The van der Waals surface area contributed by atoms with E-state index < -0.39 is 11.3 Å². The molecule has 1 aliphatic rings. The lowest BCUT2D eigenvalue weighted by molar-refractivity contribution is -0.135. The molecule has 144 valence electrons. The standard InChI is InChI=1S/C20H19N3O5/c1-26-17-7-6-15-16(8-10-21-18(15)22-17)28-14-4-2-13(3-5-14)20(19(24)23-25)9-11-27-12-20/h2-8,10,25H,9,11-12H2,1H3,(H,23,24)/t20-/m0/s1. The van der Waals surface area contributed by atoms with Crippen molar-refractivity contribution in [2.45, 2.75) is 11.8 Å². The second kappa shape index (κ2) is 7.41. The summed E-state index contributed by atoms with van der Waals surface area (Å²) in [4.78, 5) is 20.8. The molecule has 0 radical (unpaired) electrons. The Labute approximate surface area is 161 Å². The first-order valence-electron chi connectivity index (χ1n) is 8.77. The molecule has 1 amide bonds. The number of pyridine rings is 2. The van der Waals surface area contributed by atoms with E-state index in [2.05, 4.69) is 9.97 Å². The smallest absolute Gasteiger partial charge is 0.256 e. The molecule has 1 aromatic carbocycles. The van der Waals surface area contributed by atoms with Gasteiger partial charge in [-0.2, -0.15) is 4.98 Å². The molecule has 2 N–H and O–H groups in total. The molecule has 2 aromatic heterocycles. The summed E-state index contributed by atoms with van der Waals surface area (Å²) >= 11 is 0. The van der Waals surface area contributed by atoms with Crippen molar-refractivity contribution in [3.05, 3.63) is 54.2 Å². The number of ether oxygens (including phenoxy) is 3. The van der Waals surface area contributed by atoms with Crippen LogP contribution in [0.2, 0.25) is 0 Å². The number of amides is 1. The van der Waals surface area contributed by atoms with Gasteiger partial charge in [-0.1, -0.05) is 12.1 Å². The van der Waals surface area contributed by atoms with Gasteiger partial charge in [-0.25, -0.2) is 10.5 Å². The minimum absolute atomic E-state index is 0.224. The van der Waals surface area contributed by atoms with Crippen molar-refractivity contribution in [2.75, 3.05) is 20.3 Å². The van der Waals surface area contributed by atoms with Gasteiger partial charge < -0.3 is 14.2 Å². The van der Waals surface area contributed by atoms with E-state index in [1.807, 2.05) is 18.2 Å². The summed E-state index contributed by atoms with van der Waals surface area (Å²) in [6.45, 7) is 0.688. The summed E-state index contributed by atoms with van der Waals surface area (Å²) in [6.07, 6.45) is 2.12. The summed E-state index contributed by atoms with van der Waals surface area (Å²) < 4.78 is 16.5. The highest BCUT2D eigenvalue weighted by Crippen LogP contribution is 2.35. The van der Waals surface area contributed by atoms with Crippen LogP contribution < -0.4 is 15.0 Å². The zero-order valence-electron chi connectivity index (χ0n) is 15.2. The molecule has 0 spiro atoms. The van der Waals surface area contributed by atoms with E-state index in [1.54, 1.807) is 43.1 Å². The van der Waals surface area contributed by atoms with Crippen LogP contribution >= 0.6 is 0 Å². The Morgan fingerprint density at radius 3 is 2.71 bits per heavy atom. The molecule has 0 unspecified atom stereocenters. The zero-order valence-corrected chi connectivity index (χ0v) is 15.2. The van der Waals surface area contributed by atoms with E-state index in [1.165, 1.54) is 0 Å². The van der Waals surface area contributed by atoms with Crippen LogP contribution in [0.5, 0.6) is 17.4 Å². The maximum atomic E-state index is 12.2. The molecule has 4 rings (SSSR count). The predicted molar refractivity (Wildman–Crippen MR) is 99.6 cm³/mol. The van der Waals surface area contributed by atoms with Gasteiger partial charge in [-0.05, 0) is 36.2 Å². The summed E-state index contributed by atoms with van der Waals surface area (Å²) in [5, 5.41) is 9.87. The number of benzene rings is 1. The van der Waals surface area contributed by atoms with Crippen LogP contribution in [0.25, 0.3) is 11.0 Å². The van der Waals surface area contributed by atoms with Crippen LogP contribution in [0, 0.1) is 0 Å². The molecule has 3 aromatic rings. The van der Waals surface area contributed by atoms with Crippen molar-refractivity contribution in [2.24, 2.45) is 0 Å². The SMILES string of the molecule is COc1ccc2c(Oc3ccc([C@]4(C(=O)NO)CCOC4)cc3)ccnc2n1. The highest BCUT2D eigenvalue weighted by atomic mass is 16.5. The number of nitrogens with one attached hydrogen (secondary N) is 1. The number of carbonyl (C=O) groups is 1. The number of aromatic nitrogens is 2. The van der Waals surface area contributed by atoms with E-state index in [4.69, 9.17) is 19.4 Å². The maximum absolute atomic E-state index is 12.2. The Kier molecular flexibility index (Phi) is 4.81. The molecule has 1 saturated heterocycles. The highest BCUT2D eigenvalue weighted by Gasteiger charge is 2.43. The van der Waals surface area contributed by atoms with Crippen LogP contribution in [0.3, 0.4) is 0 Å². The summed E-state index contributed by atoms with van der Waals surface area (Å²) in [5.74, 6) is 1.22. The van der Waals surface area contributed by atoms with Crippen LogP contribution in [0.1, 0.15) is 12.0 Å². The minimum atomic E-state index is -0.892. The Hall–Kier alpha value is -3.23. The molecule has 3 heterocycles. The summed E-state index contributed by atoms with van der Waals surface area (Å²) in [7, 11) is 1.55. The predicted octanol–water partition coefficient (Wildman–Crippen LogP) is 2.59. The number of fused-ring (bicyclic) bond motifs is 1. The molecule has 1 fully saturated rings. The van der Waals surface area contributed by atoms with Crippen molar-refractivity contribution in [1.29, 1.82) is 0 Å². The number of nitrogens with zero attached hydrogens (tertiary/aromatic N) is 2. The average molecular weight is 381 g/mol. The average Bonchev–Trinajstić information content (AvgIpc) is 3.24. The van der Waals surface area contributed by atoms with Crippen molar-refractivity contribution < 1.29 is 24.2 Å². The van der Waals surface area contributed by atoms with Crippen molar-refractivity contribution in [3.8, 4) is 17.4 Å². The summed E-state index contributed by atoms with van der Waals surface area (Å²) in [5.41, 5.74) is 2.15. The zero-order chi connectivity index (χ0) is 19.6. The number of rotatable bonds is 5. The van der Waals surface area contributed by atoms with Crippen molar-refractivity contribution in [1.82, 2.24) is 15.4 Å². The quantitative estimate of drug-likeness (QED) is 0.517. The third-order valence-corrected chi connectivity index (χ3v) is 4.94. The van der Waals surface area contributed by atoms with Gasteiger partial charge in [0, 0.05) is 18.9 Å². The Morgan fingerprint density at radius 1 is 1.21 bits per heavy atom. The lowest BCUT2D eigenvalue weighted by atomic mass is 9.79. The molecular formula is C20H19N3O5. The number of hydrogen-bond donors (Lipinski definition) is 2. The van der Waals surface area contributed by atoms with Gasteiger partial charge >= 0.3 is 0 Å². The fraction of sp³-hybridized carbons (Fsp3) is 0.250. The molecule has 0 saturated carbocycles. The van der Waals surface area contributed by atoms with E-state index in [0.717, 1.165) is 10.9 Å². The molecule has 1 atom stereocenters. The van der Waals surface area contributed by atoms with Crippen molar-refractivity contribution >= 4 is 16.9 Å². The Balaban J connectivity index is 1.62. The Bertz CT molecular complexity index is 1000. The van der Waals surface area contributed by atoms with Crippen molar-refractivity contribution in [3.63, 3.8) is 0 Å². The largest absolute Gasteiger partial charge is 0.481 e. The normalized spacial score (nSPS) is 18.8. The Morgan fingerprint density at radius 2 is 2.04 bits per heavy atom. The molecule has 28 heavy (non-hydrogen) atoms. The topological polar surface area (TPSA) is 103 Å². The summed E-state index contributed by atoms with van der Waals surface area (Å²) in [6, 6.07) is 12.5. The van der Waals surface area contributed by atoms with Gasteiger partial charge in [0.1, 0.15) is 16.9 Å². The lowest BCUT2D eigenvalue weighted by Crippen LogP contribution is -2.43. The van der Waals surface area contributed by atoms with Crippen LogP contribution in [-0.2, 0) is 14.9 Å². The monoisotopic (exact) mass is 381 g/mol. The number of carbonyl (C=O) groups excluding carboxylic acids is 1. The maximum Gasteiger partial charge on any atom is 0.256 e. The number of hydrogen-bond acceptors (Lipinski definition) is 7. The van der Waals surface area contributed by atoms with Crippen LogP contribution in [0.15, 0.2) is 48.7 Å². The first kappa shape index (κ1) is 18.1. The first-order valence-corrected chi connectivity index (χ1v) is 8.77. The van der Waals surface area contributed by atoms with E-state index in [-0.39, 0.29) is 6.61 Å². The van der Waals surface area contributed by atoms with Gasteiger partial charge in [-0.15, -0.1) is 0 Å². The van der Waals surface area contributed by atoms with Crippen LogP contribution in [0.4, 0.5) is 0 Å². The number of hydroxylamine groups is 1. The molecule has 1 aliphatic heterocycles. The van der Waals surface area contributed by atoms with Gasteiger partial charge in [0.2, 0.25) is 5.88 Å². The highest BCUT2D eigenvalue weighted by molar-refractivity contribution is 5.88. The molecular weight excluding hydrogens is 362 g/mol. The van der Waals surface area contributed by atoms with Gasteiger partial charge in [0.25, 0.3) is 5.91 Å². The van der Waals surface area contributed by atoms with Gasteiger partial charge in [0.15, 0.2) is 5.65 Å². The minimum Gasteiger partial charge on any atom is -0.481 e.